The van der Waals surface area contributed by atoms with Gasteiger partial charge < -0.3 is 24.3 Å². The van der Waals surface area contributed by atoms with Gasteiger partial charge in [-0.05, 0) is 16.7 Å². The lowest BCUT2D eigenvalue weighted by molar-refractivity contribution is -0.287. The molecule has 6 nitrogen and oxygen atoms in total. The molecule has 3 aromatic carbocycles. The molecular formula is C29H32FNO5. The van der Waals surface area contributed by atoms with E-state index in [0.29, 0.717) is 0 Å². The van der Waals surface area contributed by atoms with E-state index in [4.69, 9.17) is 18.9 Å². The van der Waals surface area contributed by atoms with E-state index in [0.717, 1.165) is 16.7 Å². The first-order chi connectivity index (χ1) is 17.6. The lowest BCUT2D eigenvalue weighted by Crippen LogP contribution is -2.65. The van der Waals surface area contributed by atoms with E-state index in [1.54, 1.807) is 0 Å². The number of carbonyl (C=O) groups is 1. The van der Waals surface area contributed by atoms with E-state index in [9.17, 15) is 9.18 Å². The Hall–Kier alpha value is -3.10. The van der Waals surface area contributed by atoms with Crippen molar-refractivity contribution >= 4 is 5.91 Å². The third-order valence-electron chi connectivity index (χ3n) is 6.00. The third-order valence-corrected chi connectivity index (χ3v) is 6.00. The SMILES string of the molecule is CC(=O)NC1C(OCc2ccccc2)OC(CF)C(OCc2ccccc2)C1OCc1ccccc1. The van der Waals surface area contributed by atoms with E-state index in [1.165, 1.54) is 6.92 Å². The smallest absolute Gasteiger partial charge is 0.217 e. The van der Waals surface area contributed by atoms with Gasteiger partial charge in [-0.25, -0.2) is 4.39 Å². The molecule has 1 saturated heterocycles. The Balaban J connectivity index is 1.58. The van der Waals surface area contributed by atoms with E-state index < -0.39 is 37.3 Å². The average Bonchev–Trinajstić information content (AvgIpc) is 2.92. The third kappa shape index (κ3) is 7.21. The predicted octanol–water partition coefficient (Wildman–Crippen LogP) is 4.57. The normalized spacial score (nSPS) is 23.8. The number of rotatable bonds is 11. The molecule has 1 fully saturated rings. The van der Waals surface area contributed by atoms with Gasteiger partial charge in [0.15, 0.2) is 6.29 Å². The largest absolute Gasteiger partial charge is 0.368 e. The van der Waals surface area contributed by atoms with Gasteiger partial charge in [-0.15, -0.1) is 0 Å². The summed E-state index contributed by atoms with van der Waals surface area (Å²) in [5.41, 5.74) is 2.82. The minimum atomic E-state index is -0.930. The van der Waals surface area contributed by atoms with Crippen LogP contribution in [0.1, 0.15) is 23.6 Å². The zero-order valence-corrected chi connectivity index (χ0v) is 20.3. The molecule has 3 aromatic rings. The molecule has 7 heteroatoms. The summed E-state index contributed by atoms with van der Waals surface area (Å²) in [5.74, 6) is -0.272. The Bertz CT molecular complexity index is 1050. The quantitative estimate of drug-likeness (QED) is 0.424. The highest BCUT2D eigenvalue weighted by atomic mass is 19.1. The van der Waals surface area contributed by atoms with Crippen molar-refractivity contribution < 1.29 is 28.1 Å². The molecule has 0 radical (unpaired) electrons. The second kappa shape index (κ2) is 13.3. The van der Waals surface area contributed by atoms with E-state index in [-0.39, 0.29) is 25.7 Å². The van der Waals surface area contributed by atoms with Crippen LogP contribution < -0.4 is 5.32 Å². The number of ether oxygens (including phenoxy) is 4. The summed E-state index contributed by atoms with van der Waals surface area (Å²) in [4.78, 5) is 12.2. The van der Waals surface area contributed by atoms with Crippen LogP contribution in [-0.2, 0) is 43.6 Å². The fourth-order valence-corrected chi connectivity index (χ4v) is 4.24. The van der Waals surface area contributed by atoms with Crippen molar-refractivity contribution in [3.63, 3.8) is 0 Å². The van der Waals surface area contributed by atoms with Crippen molar-refractivity contribution in [3.05, 3.63) is 108 Å². The van der Waals surface area contributed by atoms with Gasteiger partial charge in [-0.3, -0.25) is 4.79 Å². The molecule has 190 valence electrons. The number of amides is 1. The molecule has 1 amide bonds. The molecule has 1 N–H and O–H groups in total. The minimum absolute atomic E-state index is 0.238. The first kappa shape index (κ1) is 26.0. The van der Waals surface area contributed by atoms with Crippen LogP contribution in [0.3, 0.4) is 0 Å². The van der Waals surface area contributed by atoms with Gasteiger partial charge in [0.1, 0.15) is 31.0 Å². The Morgan fingerprint density at radius 3 is 1.64 bits per heavy atom. The number of hydrogen-bond acceptors (Lipinski definition) is 5. The van der Waals surface area contributed by atoms with Crippen molar-refractivity contribution in [2.24, 2.45) is 0 Å². The van der Waals surface area contributed by atoms with Crippen LogP contribution >= 0.6 is 0 Å². The molecule has 0 aliphatic carbocycles. The number of alkyl halides is 1. The second-order valence-electron chi connectivity index (χ2n) is 8.74. The van der Waals surface area contributed by atoms with Gasteiger partial charge in [0.25, 0.3) is 0 Å². The monoisotopic (exact) mass is 493 g/mol. The highest BCUT2D eigenvalue weighted by molar-refractivity contribution is 5.73. The molecule has 4 rings (SSSR count). The topological polar surface area (TPSA) is 66.0 Å². The van der Waals surface area contributed by atoms with Crippen LogP contribution in [0.15, 0.2) is 91.0 Å². The molecule has 0 bridgehead atoms. The lowest BCUT2D eigenvalue weighted by atomic mass is 9.96. The molecule has 0 saturated carbocycles. The maximum Gasteiger partial charge on any atom is 0.217 e. The van der Waals surface area contributed by atoms with Crippen LogP contribution in [0.2, 0.25) is 0 Å². The summed E-state index contributed by atoms with van der Waals surface area (Å²) in [6.07, 6.45) is -3.34. The Morgan fingerprint density at radius 1 is 0.750 bits per heavy atom. The summed E-state index contributed by atoms with van der Waals surface area (Å²) in [6.45, 7) is 1.38. The van der Waals surface area contributed by atoms with Gasteiger partial charge in [-0.2, -0.15) is 0 Å². The van der Waals surface area contributed by atoms with E-state index >= 15 is 0 Å². The van der Waals surface area contributed by atoms with Crippen molar-refractivity contribution in [2.45, 2.75) is 57.4 Å². The van der Waals surface area contributed by atoms with Gasteiger partial charge in [0.05, 0.1) is 19.8 Å². The summed E-state index contributed by atoms with van der Waals surface area (Å²) >= 11 is 0. The molecule has 1 aliphatic rings. The van der Waals surface area contributed by atoms with Crippen molar-refractivity contribution in [3.8, 4) is 0 Å². The van der Waals surface area contributed by atoms with Gasteiger partial charge >= 0.3 is 0 Å². The standard InChI is InChI=1S/C29H32FNO5/c1-21(32)31-26-28(34-19-23-13-7-3-8-14-23)27(33-18-22-11-5-2-6-12-22)25(17-30)36-29(26)35-20-24-15-9-4-10-16-24/h2-16,25-29H,17-20H2,1H3,(H,31,32). The predicted molar refractivity (Wildman–Crippen MR) is 134 cm³/mol. The number of nitrogens with one attached hydrogen (secondary N) is 1. The number of carbonyl (C=O) groups excluding carboxylic acids is 1. The van der Waals surface area contributed by atoms with E-state index in [2.05, 4.69) is 5.32 Å². The lowest BCUT2D eigenvalue weighted by Gasteiger charge is -2.45. The van der Waals surface area contributed by atoms with Crippen LogP contribution in [0.25, 0.3) is 0 Å². The molecule has 36 heavy (non-hydrogen) atoms. The van der Waals surface area contributed by atoms with Gasteiger partial charge in [0, 0.05) is 6.92 Å². The zero-order valence-electron chi connectivity index (χ0n) is 20.3. The summed E-state index contributed by atoms with van der Waals surface area (Å²) in [5, 5.41) is 2.91. The Labute approximate surface area is 211 Å². The molecular weight excluding hydrogens is 461 g/mol. The Morgan fingerprint density at radius 2 is 1.19 bits per heavy atom. The fraction of sp³-hybridized carbons (Fsp3) is 0.345. The van der Waals surface area contributed by atoms with E-state index in [1.807, 2.05) is 91.0 Å². The molecule has 0 spiro atoms. The first-order valence-corrected chi connectivity index (χ1v) is 12.1. The molecule has 1 heterocycles. The van der Waals surface area contributed by atoms with Crippen LogP contribution in [0, 0.1) is 0 Å². The maximum atomic E-state index is 14.3. The zero-order chi connectivity index (χ0) is 25.2. The first-order valence-electron chi connectivity index (χ1n) is 12.1. The molecule has 5 unspecified atom stereocenters. The summed E-state index contributed by atoms with van der Waals surface area (Å²) < 4.78 is 39.0. The van der Waals surface area contributed by atoms with Crippen LogP contribution in [-0.4, -0.2) is 43.2 Å². The van der Waals surface area contributed by atoms with Crippen LogP contribution in [0.5, 0.6) is 0 Å². The second-order valence-corrected chi connectivity index (χ2v) is 8.74. The molecule has 1 aliphatic heterocycles. The minimum Gasteiger partial charge on any atom is -0.368 e. The van der Waals surface area contributed by atoms with Crippen molar-refractivity contribution in [1.82, 2.24) is 5.32 Å². The number of halogens is 1. The Kier molecular flexibility index (Phi) is 9.58. The summed E-state index contributed by atoms with van der Waals surface area (Å²) in [7, 11) is 0. The molecule has 5 atom stereocenters. The average molecular weight is 494 g/mol. The molecule has 0 aromatic heterocycles. The summed E-state index contributed by atoms with van der Waals surface area (Å²) in [6, 6.07) is 28.2. The number of benzene rings is 3. The number of hydrogen-bond donors (Lipinski definition) is 1. The highest BCUT2D eigenvalue weighted by Crippen LogP contribution is 2.29. The van der Waals surface area contributed by atoms with Gasteiger partial charge in [0.2, 0.25) is 5.91 Å². The van der Waals surface area contributed by atoms with Gasteiger partial charge in [-0.1, -0.05) is 91.0 Å². The van der Waals surface area contributed by atoms with Crippen molar-refractivity contribution in [1.29, 1.82) is 0 Å². The highest BCUT2D eigenvalue weighted by Gasteiger charge is 2.48. The maximum absolute atomic E-state index is 14.3. The van der Waals surface area contributed by atoms with Crippen molar-refractivity contribution in [2.75, 3.05) is 6.67 Å². The fourth-order valence-electron chi connectivity index (χ4n) is 4.24. The van der Waals surface area contributed by atoms with Crippen LogP contribution in [0.4, 0.5) is 4.39 Å².